The molecule has 1 amide bonds. The summed E-state index contributed by atoms with van der Waals surface area (Å²) in [5.74, 6) is -0.110. The first kappa shape index (κ1) is 26.1. The van der Waals surface area contributed by atoms with Gasteiger partial charge in [-0.05, 0) is 65.7 Å². The van der Waals surface area contributed by atoms with E-state index in [9.17, 15) is 14.4 Å². The molecule has 0 saturated heterocycles. The number of nitriles is 1. The third kappa shape index (κ3) is 6.50. The summed E-state index contributed by atoms with van der Waals surface area (Å²) >= 11 is 0. The summed E-state index contributed by atoms with van der Waals surface area (Å²) in [6, 6.07) is 34.7. The monoisotopic (exact) mass is 528 g/mol. The lowest BCUT2D eigenvalue weighted by atomic mass is 10.1. The van der Waals surface area contributed by atoms with Crippen molar-refractivity contribution in [2.45, 2.75) is 13.2 Å². The van der Waals surface area contributed by atoms with Gasteiger partial charge in [-0.2, -0.15) is 10.4 Å². The smallest absolute Gasteiger partial charge is 0.262 e. The van der Waals surface area contributed by atoms with Gasteiger partial charge in [-0.25, -0.2) is 9.07 Å². The van der Waals surface area contributed by atoms with Crippen LogP contribution in [0.4, 0.5) is 4.39 Å². The summed E-state index contributed by atoms with van der Waals surface area (Å²) in [5.41, 5.74) is 4.63. The van der Waals surface area contributed by atoms with Crippen molar-refractivity contribution in [3.8, 4) is 28.8 Å². The van der Waals surface area contributed by atoms with Crippen LogP contribution in [0.25, 0.3) is 23.0 Å². The van der Waals surface area contributed by atoms with Gasteiger partial charge in [-0.15, -0.1) is 0 Å². The minimum atomic E-state index is -0.464. The first-order valence-electron chi connectivity index (χ1n) is 12.7. The van der Waals surface area contributed by atoms with Crippen LogP contribution >= 0.6 is 0 Å². The van der Waals surface area contributed by atoms with Gasteiger partial charge in [0.2, 0.25) is 0 Å². The van der Waals surface area contributed by atoms with Crippen molar-refractivity contribution in [1.82, 2.24) is 15.1 Å². The average molecular weight is 529 g/mol. The number of ether oxygens (including phenoxy) is 1. The third-order valence-electron chi connectivity index (χ3n) is 6.17. The van der Waals surface area contributed by atoms with Gasteiger partial charge < -0.3 is 10.1 Å². The minimum Gasteiger partial charge on any atom is -0.489 e. The fourth-order valence-electron chi connectivity index (χ4n) is 4.06. The van der Waals surface area contributed by atoms with Crippen molar-refractivity contribution < 1.29 is 13.9 Å². The fraction of sp³-hybridized carbons (Fsp3) is 0.0606. The van der Waals surface area contributed by atoms with E-state index in [0.717, 1.165) is 22.4 Å². The lowest BCUT2D eigenvalue weighted by molar-refractivity contribution is -0.117. The first-order valence-corrected chi connectivity index (χ1v) is 12.7. The van der Waals surface area contributed by atoms with Crippen LogP contribution in [-0.2, 0) is 17.9 Å². The van der Waals surface area contributed by atoms with E-state index >= 15 is 0 Å². The lowest BCUT2D eigenvalue weighted by Crippen LogP contribution is -2.23. The van der Waals surface area contributed by atoms with Gasteiger partial charge in [0, 0.05) is 23.9 Å². The molecule has 0 aliphatic rings. The van der Waals surface area contributed by atoms with E-state index < -0.39 is 5.91 Å². The second-order valence-corrected chi connectivity index (χ2v) is 8.99. The highest BCUT2D eigenvalue weighted by atomic mass is 19.1. The molecule has 5 rings (SSSR count). The molecule has 0 bridgehead atoms. The Bertz CT molecular complexity index is 1650. The van der Waals surface area contributed by atoms with Gasteiger partial charge in [0.15, 0.2) is 0 Å². The number of rotatable bonds is 9. The van der Waals surface area contributed by atoms with Crippen LogP contribution in [0.2, 0.25) is 0 Å². The Hall–Kier alpha value is -5.48. The number of aromatic nitrogens is 2. The van der Waals surface area contributed by atoms with Crippen molar-refractivity contribution >= 4 is 12.0 Å². The Morgan fingerprint density at radius 1 is 0.900 bits per heavy atom. The highest BCUT2D eigenvalue weighted by Crippen LogP contribution is 2.28. The quantitative estimate of drug-likeness (QED) is 0.175. The van der Waals surface area contributed by atoms with E-state index in [0.29, 0.717) is 30.2 Å². The molecular weight excluding hydrogens is 503 g/mol. The Morgan fingerprint density at radius 2 is 1.57 bits per heavy atom. The van der Waals surface area contributed by atoms with Crippen molar-refractivity contribution in [1.29, 1.82) is 5.26 Å². The second-order valence-electron chi connectivity index (χ2n) is 8.99. The van der Waals surface area contributed by atoms with E-state index in [1.54, 1.807) is 29.1 Å². The number of nitrogens with zero attached hydrogens (tertiary/aromatic N) is 3. The standard InChI is InChI=1S/C33H25FN4O2/c34-29-15-11-25(12-16-29)23-40-31-17-13-26(14-18-31)32-28(22-38(37-32)30-9-5-2-6-10-30)19-27(20-35)33(39)36-21-24-7-3-1-4-8-24/h1-19,22H,21,23H2,(H,36,39). The Morgan fingerprint density at radius 3 is 2.25 bits per heavy atom. The summed E-state index contributed by atoms with van der Waals surface area (Å²) in [4.78, 5) is 12.9. The molecule has 0 aliphatic carbocycles. The Balaban J connectivity index is 1.40. The maximum Gasteiger partial charge on any atom is 0.262 e. The van der Waals surface area contributed by atoms with E-state index in [1.165, 1.54) is 12.1 Å². The average Bonchev–Trinajstić information content (AvgIpc) is 3.43. The zero-order valence-electron chi connectivity index (χ0n) is 21.5. The number of para-hydroxylation sites is 1. The summed E-state index contributed by atoms with van der Waals surface area (Å²) in [6.45, 7) is 0.619. The van der Waals surface area contributed by atoms with Crippen LogP contribution in [0.3, 0.4) is 0 Å². The van der Waals surface area contributed by atoms with E-state index in [1.807, 2.05) is 91.0 Å². The molecule has 0 fully saturated rings. The highest BCUT2D eigenvalue weighted by Gasteiger charge is 2.15. The Labute approximate surface area is 231 Å². The molecule has 1 aromatic heterocycles. The topological polar surface area (TPSA) is 79.9 Å². The van der Waals surface area contributed by atoms with E-state index in [2.05, 4.69) is 5.32 Å². The van der Waals surface area contributed by atoms with Crippen molar-refractivity contribution in [3.63, 3.8) is 0 Å². The lowest BCUT2D eigenvalue weighted by Gasteiger charge is -2.07. The predicted molar refractivity (Wildman–Crippen MR) is 152 cm³/mol. The summed E-state index contributed by atoms with van der Waals surface area (Å²) in [7, 11) is 0. The third-order valence-corrected chi connectivity index (χ3v) is 6.17. The minimum absolute atomic E-state index is 0.0240. The normalized spacial score (nSPS) is 11.1. The molecule has 1 heterocycles. The van der Waals surface area contributed by atoms with Crippen LogP contribution in [-0.4, -0.2) is 15.7 Å². The zero-order valence-corrected chi connectivity index (χ0v) is 21.5. The fourth-order valence-corrected chi connectivity index (χ4v) is 4.06. The van der Waals surface area contributed by atoms with Crippen LogP contribution in [0.15, 0.2) is 121 Å². The number of carbonyl (C=O) groups is 1. The molecule has 0 radical (unpaired) electrons. The molecule has 7 heteroatoms. The van der Waals surface area contributed by atoms with Crippen LogP contribution in [0.1, 0.15) is 16.7 Å². The maximum absolute atomic E-state index is 13.2. The summed E-state index contributed by atoms with van der Waals surface area (Å²) in [6.07, 6.45) is 3.35. The molecule has 6 nitrogen and oxygen atoms in total. The number of benzene rings is 4. The van der Waals surface area contributed by atoms with E-state index in [4.69, 9.17) is 9.84 Å². The molecule has 5 aromatic rings. The number of carbonyl (C=O) groups excluding carboxylic acids is 1. The van der Waals surface area contributed by atoms with Gasteiger partial charge in [0.1, 0.15) is 29.8 Å². The number of hydrogen-bond donors (Lipinski definition) is 1. The predicted octanol–water partition coefficient (Wildman–Crippen LogP) is 6.48. The summed E-state index contributed by atoms with van der Waals surface area (Å²) < 4.78 is 20.7. The second kappa shape index (κ2) is 12.4. The van der Waals surface area contributed by atoms with Gasteiger partial charge in [-0.1, -0.05) is 60.7 Å². The number of nitrogens with one attached hydrogen (secondary N) is 1. The van der Waals surface area contributed by atoms with Gasteiger partial charge >= 0.3 is 0 Å². The number of halogens is 1. The molecule has 0 unspecified atom stereocenters. The number of amides is 1. The molecule has 0 aliphatic heterocycles. The van der Waals surface area contributed by atoms with E-state index in [-0.39, 0.29) is 11.4 Å². The molecule has 1 N–H and O–H groups in total. The van der Waals surface area contributed by atoms with Crippen molar-refractivity contribution in [2.75, 3.05) is 0 Å². The van der Waals surface area contributed by atoms with Crippen LogP contribution in [0, 0.1) is 17.1 Å². The zero-order chi connectivity index (χ0) is 27.7. The molecule has 4 aromatic carbocycles. The molecule has 0 saturated carbocycles. The van der Waals surface area contributed by atoms with Crippen LogP contribution < -0.4 is 10.1 Å². The largest absolute Gasteiger partial charge is 0.489 e. The molecule has 0 atom stereocenters. The van der Waals surface area contributed by atoms with Crippen LogP contribution in [0.5, 0.6) is 5.75 Å². The van der Waals surface area contributed by atoms with Crippen molar-refractivity contribution in [2.24, 2.45) is 0 Å². The van der Waals surface area contributed by atoms with Gasteiger partial charge in [0.05, 0.1) is 11.4 Å². The molecular formula is C33H25FN4O2. The maximum atomic E-state index is 13.2. The highest BCUT2D eigenvalue weighted by molar-refractivity contribution is 6.02. The summed E-state index contributed by atoms with van der Waals surface area (Å²) in [5, 5.41) is 17.4. The molecule has 0 spiro atoms. The Kier molecular flexibility index (Phi) is 8.09. The van der Waals surface area contributed by atoms with Gasteiger partial charge in [-0.3, -0.25) is 4.79 Å². The molecule has 40 heavy (non-hydrogen) atoms. The SMILES string of the molecule is N#CC(=Cc1cn(-c2ccccc2)nc1-c1ccc(OCc2ccc(F)cc2)cc1)C(=O)NCc1ccccc1. The first-order chi connectivity index (χ1) is 19.6. The van der Waals surface area contributed by atoms with Gasteiger partial charge in [0.25, 0.3) is 5.91 Å². The van der Waals surface area contributed by atoms with Crippen molar-refractivity contribution in [3.05, 3.63) is 143 Å². The molecule has 196 valence electrons. The number of hydrogen-bond acceptors (Lipinski definition) is 4.